The Kier molecular flexibility index (Phi) is 5.28. The zero-order valence-electron chi connectivity index (χ0n) is 17.1. The fourth-order valence-corrected chi connectivity index (χ4v) is 4.12. The quantitative estimate of drug-likeness (QED) is 0.605. The Labute approximate surface area is 189 Å². The van der Waals surface area contributed by atoms with Crippen LogP contribution in [-0.4, -0.2) is 70.1 Å². The van der Waals surface area contributed by atoms with Gasteiger partial charge in [0, 0.05) is 35.8 Å². The molecule has 1 atom stereocenters. The molecule has 2 aliphatic rings. The van der Waals surface area contributed by atoms with Gasteiger partial charge in [-0.3, -0.25) is 9.69 Å². The lowest BCUT2D eigenvalue weighted by Crippen LogP contribution is -2.49. The third kappa shape index (κ3) is 3.92. The van der Waals surface area contributed by atoms with Gasteiger partial charge in [-0.05, 0) is 36.4 Å². The maximum atomic E-state index is 13.2. The number of benzene rings is 1. The van der Waals surface area contributed by atoms with Crippen molar-refractivity contribution in [1.82, 2.24) is 19.7 Å². The summed E-state index contributed by atoms with van der Waals surface area (Å²) in [6.07, 6.45) is 4.47. The van der Waals surface area contributed by atoms with E-state index in [2.05, 4.69) is 10.1 Å². The number of anilines is 1. The Balaban J connectivity index is 1.35. The average molecular weight is 454 g/mol. The van der Waals surface area contributed by atoms with Crippen LogP contribution in [0.2, 0.25) is 5.02 Å². The molecule has 2 fully saturated rings. The molecule has 2 saturated heterocycles. The molecule has 1 spiro atoms. The van der Waals surface area contributed by atoms with Crippen molar-refractivity contribution in [2.45, 2.75) is 5.60 Å². The van der Waals surface area contributed by atoms with E-state index in [1.807, 2.05) is 0 Å². The summed E-state index contributed by atoms with van der Waals surface area (Å²) in [5.74, 6) is 0.413. The molecule has 0 bridgehead atoms. The maximum absolute atomic E-state index is 13.2. The van der Waals surface area contributed by atoms with Crippen molar-refractivity contribution in [3.05, 3.63) is 71.6 Å². The van der Waals surface area contributed by atoms with Crippen molar-refractivity contribution in [2.24, 2.45) is 0 Å². The molecule has 3 aromatic rings. The van der Waals surface area contributed by atoms with Gasteiger partial charge in [0.1, 0.15) is 0 Å². The number of nitrogens with zero attached hydrogens (tertiary/aromatic N) is 5. The molecule has 2 aliphatic heterocycles. The molecule has 4 heterocycles. The smallest absolute Gasteiger partial charge is 0.415 e. The highest BCUT2D eigenvalue weighted by Gasteiger charge is 2.49. The summed E-state index contributed by atoms with van der Waals surface area (Å²) < 4.78 is 13.1. The molecule has 0 radical (unpaired) electrons. The van der Waals surface area contributed by atoms with Crippen LogP contribution in [0, 0.1) is 0 Å². The molecule has 164 valence electrons. The number of hydrogen-bond donors (Lipinski definition) is 0. The second-order valence-corrected chi connectivity index (χ2v) is 8.19. The van der Waals surface area contributed by atoms with Crippen molar-refractivity contribution in [3.8, 4) is 5.82 Å². The van der Waals surface area contributed by atoms with Crippen LogP contribution < -0.4 is 4.90 Å². The van der Waals surface area contributed by atoms with E-state index in [1.54, 1.807) is 64.4 Å². The second-order valence-electron chi connectivity index (χ2n) is 7.75. The minimum Gasteiger partial charge on any atom is -0.436 e. The van der Waals surface area contributed by atoms with Crippen molar-refractivity contribution >= 4 is 29.3 Å². The van der Waals surface area contributed by atoms with Gasteiger partial charge in [-0.1, -0.05) is 17.7 Å². The van der Waals surface area contributed by atoms with Gasteiger partial charge in [-0.2, -0.15) is 5.10 Å². The Hall–Kier alpha value is -3.43. The third-order valence-electron chi connectivity index (χ3n) is 5.46. The number of hydrogen-bond acceptors (Lipinski definition) is 6. The number of carbonyl (C=O) groups is 2. The topological polar surface area (TPSA) is 89.8 Å². The summed E-state index contributed by atoms with van der Waals surface area (Å²) in [4.78, 5) is 33.4. The van der Waals surface area contributed by atoms with Gasteiger partial charge >= 0.3 is 6.09 Å². The van der Waals surface area contributed by atoms with Gasteiger partial charge in [-0.25, -0.2) is 14.5 Å². The van der Waals surface area contributed by atoms with Crippen molar-refractivity contribution < 1.29 is 19.1 Å². The number of rotatable bonds is 3. The molecule has 2 aromatic heterocycles. The standard InChI is InChI=1S/C22H20ClN5O4/c23-17-3-1-4-18(11-17)27-14-22(32-21(27)30)13-26(9-10-31-15-22)20(29)16-5-6-19(24-12-16)28-8-2-7-25-28/h1-8,11-12H,9-10,13-15H2/t22-/m1/s1. The molecule has 0 aliphatic carbocycles. The minimum atomic E-state index is -0.964. The fourth-order valence-electron chi connectivity index (χ4n) is 3.94. The predicted molar refractivity (Wildman–Crippen MR) is 116 cm³/mol. The molecule has 2 amide bonds. The summed E-state index contributed by atoms with van der Waals surface area (Å²) in [5, 5.41) is 4.66. The molecule has 1 aromatic carbocycles. The Morgan fingerprint density at radius 3 is 2.81 bits per heavy atom. The largest absolute Gasteiger partial charge is 0.436 e. The van der Waals surface area contributed by atoms with Crippen LogP contribution in [0.1, 0.15) is 10.4 Å². The van der Waals surface area contributed by atoms with Crippen LogP contribution in [0.4, 0.5) is 10.5 Å². The van der Waals surface area contributed by atoms with Crippen LogP contribution in [0.3, 0.4) is 0 Å². The van der Waals surface area contributed by atoms with Crippen LogP contribution in [0.5, 0.6) is 0 Å². The fraction of sp³-hybridized carbons (Fsp3) is 0.273. The van der Waals surface area contributed by atoms with E-state index in [0.29, 0.717) is 35.2 Å². The maximum Gasteiger partial charge on any atom is 0.415 e. The number of carbonyl (C=O) groups excluding carboxylic acids is 2. The number of amides is 2. The summed E-state index contributed by atoms with van der Waals surface area (Å²) in [7, 11) is 0. The molecule has 0 unspecified atom stereocenters. The predicted octanol–water partition coefficient (Wildman–Crippen LogP) is 2.79. The molecule has 9 nitrogen and oxygen atoms in total. The molecular formula is C22H20ClN5O4. The highest BCUT2D eigenvalue weighted by atomic mass is 35.5. The number of aromatic nitrogens is 3. The molecular weight excluding hydrogens is 434 g/mol. The number of ether oxygens (including phenoxy) is 2. The lowest BCUT2D eigenvalue weighted by atomic mass is 10.0. The van der Waals surface area contributed by atoms with E-state index < -0.39 is 11.7 Å². The number of halogens is 1. The zero-order chi connectivity index (χ0) is 22.1. The lowest BCUT2D eigenvalue weighted by Gasteiger charge is -2.29. The van der Waals surface area contributed by atoms with Crippen LogP contribution in [-0.2, 0) is 9.47 Å². The highest BCUT2D eigenvalue weighted by molar-refractivity contribution is 6.30. The molecule has 0 N–H and O–H groups in total. The van der Waals surface area contributed by atoms with Gasteiger partial charge < -0.3 is 14.4 Å². The first kappa shape index (κ1) is 20.5. The van der Waals surface area contributed by atoms with Crippen LogP contribution in [0.15, 0.2) is 61.1 Å². The summed E-state index contributed by atoms with van der Waals surface area (Å²) >= 11 is 6.08. The Morgan fingerprint density at radius 1 is 1.16 bits per heavy atom. The lowest BCUT2D eigenvalue weighted by molar-refractivity contribution is -0.0140. The van der Waals surface area contributed by atoms with E-state index in [9.17, 15) is 9.59 Å². The zero-order valence-corrected chi connectivity index (χ0v) is 17.8. The van der Waals surface area contributed by atoms with E-state index in [0.717, 1.165) is 0 Å². The monoisotopic (exact) mass is 453 g/mol. The highest BCUT2D eigenvalue weighted by Crippen LogP contribution is 2.32. The molecule has 5 rings (SSSR count). The second kappa shape index (κ2) is 8.25. The summed E-state index contributed by atoms with van der Waals surface area (Å²) in [6, 6.07) is 12.3. The van der Waals surface area contributed by atoms with E-state index in [-0.39, 0.29) is 25.6 Å². The SMILES string of the molecule is O=C(c1ccc(-n2cccn2)nc1)N1CCOC[C@@]2(C1)CN(c1cccc(Cl)c1)C(=O)O2. The average Bonchev–Trinajstić information content (AvgIpc) is 3.39. The summed E-state index contributed by atoms with van der Waals surface area (Å²) in [6.45, 7) is 1.41. The van der Waals surface area contributed by atoms with Crippen LogP contribution >= 0.6 is 11.6 Å². The Bertz CT molecular complexity index is 1140. The van der Waals surface area contributed by atoms with Gasteiger partial charge in [0.05, 0.1) is 31.9 Å². The van der Waals surface area contributed by atoms with E-state index >= 15 is 0 Å². The van der Waals surface area contributed by atoms with Crippen molar-refractivity contribution in [1.29, 1.82) is 0 Å². The Morgan fingerprint density at radius 2 is 2.06 bits per heavy atom. The van der Waals surface area contributed by atoms with Gasteiger partial charge in [0.2, 0.25) is 0 Å². The van der Waals surface area contributed by atoms with Gasteiger partial charge in [0.15, 0.2) is 11.4 Å². The molecule has 32 heavy (non-hydrogen) atoms. The molecule has 10 heteroatoms. The van der Waals surface area contributed by atoms with Crippen molar-refractivity contribution in [3.63, 3.8) is 0 Å². The van der Waals surface area contributed by atoms with Gasteiger partial charge in [0.25, 0.3) is 5.91 Å². The van der Waals surface area contributed by atoms with Crippen LogP contribution in [0.25, 0.3) is 5.82 Å². The first-order valence-corrected chi connectivity index (χ1v) is 10.5. The molecule has 0 saturated carbocycles. The third-order valence-corrected chi connectivity index (χ3v) is 5.70. The first-order valence-electron chi connectivity index (χ1n) is 10.1. The normalized spacial score (nSPS) is 21.0. The van der Waals surface area contributed by atoms with E-state index in [1.165, 1.54) is 11.1 Å². The van der Waals surface area contributed by atoms with Crippen molar-refractivity contribution in [2.75, 3.05) is 37.7 Å². The van der Waals surface area contributed by atoms with Gasteiger partial charge in [-0.15, -0.1) is 0 Å². The summed E-state index contributed by atoms with van der Waals surface area (Å²) in [5.41, 5.74) is 0.113. The minimum absolute atomic E-state index is 0.202. The number of pyridine rings is 1. The first-order chi connectivity index (χ1) is 15.5. The van der Waals surface area contributed by atoms with E-state index in [4.69, 9.17) is 21.1 Å².